The molecule has 0 saturated carbocycles. The van der Waals surface area contributed by atoms with E-state index in [1.54, 1.807) is 0 Å². The lowest BCUT2D eigenvalue weighted by atomic mass is 10.2. The van der Waals surface area contributed by atoms with Gasteiger partial charge in [0.1, 0.15) is 17.5 Å². The summed E-state index contributed by atoms with van der Waals surface area (Å²) in [6, 6.07) is 8.24. The standard InChI is InChI=1S/C17H22BrN5/c1-12-10-14(4-5-15(12)18)21-16-11-17(20-13(2)19-16)23-8-6-22(3)7-9-23/h4-5,10-11H,6-9H2,1-3H3,(H,19,20,21). The van der Waals surface area contributed by atoms with Gasteiger partial charge in [0.2, 0.25) is 0 Å². The molecule has 2 heterocycles. The van der Waals surface area contributed by atoms with E-state index < -0.39 is 0 Å². The van der Waals surface area contributed by atoms with E-state index in [-0.39, 0.29) is 0 Å². The molecule has 0 bridgehead atoms. The van der Waals surface area contributed by atoms with Crippen LogP contribution in [0.2, 0.25) is 0 Å². The first-order valence-corrected chi connectivity index (χ1v) is 8.63. The summed E-state index contributed by atoms with van der Waals surface area (Å²) in [5, 5.41) is 3.39. The number of piperazine rings is 1. The molecule has 0 unspecified atom stereocenters. The van der Waals surface area contributed by atoms with Crippen LogP contribution in [0.1, 0.15) is 11.4 Å². The van der Waals surface area contributed by atoms with Crippen molar-refractivity contribution in [2.24, 2.45) is 0 Å². The van der Waals surface area contributed by atoms with Crippen LogP contribution in [0.25, 0.3) is 0 Å². The lowest BCUT2D eigenvalue weighted by Gasteiger charge is -2.33. The first-order valence-electron chi connectivity index (χ1n) is 7.83. The number of benzene rings is 1. The molecule has 0 spiro atoms. The van der Waals surface area contributed by atoms with Crippen molar-refractivity contribution in [3.63, 3.8) is 0 Å². The lowest BCUT2D eigenvalue weighted by molar-refractivity contribution is 0.312. The molecule has 3 rings (SSSR count). The number of hydrogen-bond acceptors (Lipinski definition) is 5. The van der Waals surface area contributed by atoms with Gasteiger partial charge in [-0.25, -0.2) is 9.97 Å². The van der Waals surface area contributed by atoms with Crippen LogP contribution < -0.4 is 10.2 Å². The number of likely N-dealkylation sites (N-methyl/N-ethyl adjacent to an activating group) is 1. The molecule has 122 valence electrons. The number of rotatable bonds is 3. The molecule has 1 aliphatic rings. The highest BCUT2D eigenvalue weighted by molar-refractivity contribution is 9.10. The van der Waals surface area contributed by atoms with Gasteiger partial charge in [0.05, 0.1) is 0 Å². The minimum Gasteiger partial charge on any atom is -0.354 e. The summed E-state index contributed by atoms with van der Waals surface area (Å²) in [6.07, 6.45) is 0. The predicted octanol–water partition coefficient (Wildman–Crippen LogP) is 3.35. The van der Waals surface area contributed by atoms with Crippen molar-refractivity contribution in [1.82, 2.24) is 14.9 Å². The van der Waals surface area contributed by atoms with E-state index in [0.717, 1.165) is 53.8 Å². The predicted molar refractivity (Wildman–Crippen MR) is 98.6 cm³/mol. The Kier molecular flexibility index (Phi) is 4.82. The van der Waals surface area contributed by atoms with Gasteiger partial charge in [-0.2, -0.15) is 0 Å². The Hall–Kier alpha value is -1.66. The third kappa shape index (κ3) is 4.00. The number of aromatic nitrogens is 2. The van der Waals surface area contributed by atoms with Gasteiger partial charge in [0, 0.05) is 42.4 Å². The highest BCUT2D eigenvalue weighted by Gasteiger charge is 2.16. The lowest BCUT2D eigenvalue weighted by Crippen LogP contribution is -2.44. The molecule has 1 fully saturated rings. The smallest absolute Gasteiger partial charge is 0.136 e. The summed E-state index contributed by atoms with van der Waals surface area (Å²) in [7, 11) is 2.16. The fraction of sp³-hybridized carbons (Fsp3) is 0.412. The van der Waals surface area contributed by atoms with Gasteiger partial charge in [0.15, 0.2) is 0 Å². The zero-order valence-electron chi connectivity index (χ0n) is 13.8. The van der Waals surface area contributed by atoms with Crippen molar-refractivity contribution in [1.29, 1.82) is 0 Å². The molecule has 0 aliphatic carbocycles. The number of halogens is 1. The molecule has 1 aliphatic heterocycles. The number of nitrogens with one attached hydrogen (secondary N) is 1. The Morgan fingerprint density at radius 2 is 1.78 bits per heavy atom. The molecule has 6 heteroatoms. The summed E-state index contributed by atoms with van der Waals surface area (Å²) >= 11 is 3.53. The maximum absolute atomic E-state index is 4.60. The fourth-order valence-corrected chi connectivity index (χ4v) is 2.93. The summed E-state index contributed by atoms with van der Waals surface area (Å²) in [4.78, 5) is 13.8. The van der Waals surface area contributed by atoms with Crippen LogP contribution in [0.15, 0.2) is 28.7 Å². The van der Waals surface area contributed by atoms with Gasteiger partial charge >= 0.3 is 0 Å². The maximum Gasteiger partial charge on any atom is 0.136 e. The molecule has 23 heavy (non-hydrogen) atoms. The van der Waals surface area contributed by atoms with E-state index in [1.807, 2.05) is 25.1 Å². The van der Waals surface area contributed by atoms with Gasteiger partial charge < -0.3 is 15.1 Å². The van der Waals surface area contributed by atoms with Gasteiger partial charge in [0.25, 0.3) is 0 Å². The molecule has 0 atom stereocenters. The molecule has 0 radical (unpaired) electrons. The van der Waals surface area contributed by atoms with Crippen LogP contribution in [-0.2, 0) is 0 Å². The van der Waals surface area contributed by atoms with E-state index in [9.17, 15) is 0 Å². The molecule has 1 N–H and O–H groups in total. The molecular formula is C17H22BrN5. The van der Waals surface area contributed by atoms with Crippen LogP contribution in [0.5, 0.6) is 0 Å². The highest BCUT2D eigenvalue weighted by atomic mass is 79.9. The average Bonchev–Trinajstić information content (AvgIpc) is 2.51. The highest BCUT2D eigenvalue weighted by Crippen LogP contribution is 2.24. The summed E-state index contributed by atoms with van der Waals surface area (Å²) in [6.45, 7) is 8.16. The minimum atomic E-state index is 0.790. The van der Waals surface area contributed by atoms with Crippen molar-refractivity contribution in [3.8, 4) is 0 Å². The molecule has 1 aromatic heterocycles. The average molecular weight is 376 g/mol. The van der Waals surface area contributed by atoms with Gasteiger partial charge in [-0.05, 0) is 44.7 Å². The molecule has 2 aromatic rings. The van der Waals surface area contributed by atoms with E-state index >= 15 is 0 Å². The first-order chi connectivity index (χ1) is 11.0. The van der Waals surface area contributed by atoms with Gasteiger partial charge in [-0.3, -0.25) is 0 Å². The van der Waals surface area contributed by atoms with Crippen molar-refractivity contribution in [3.05, 3.63) is 40.1 Å². The third-order valence-electron chi connectivity index (χ3n) is 4.08. The zero-order chi connectivity index (χ0) is 16.4. The topological polar surface area (TPSA) is 44.3 Å². The number of hydrogen-bond donors (Lipinski definition) is 1. The molecule has 5 nitrogen and oxygen atoms in total. The molecule has 1 aromatic carbocycles. The van der Waals surface area contributed by atoms with Gasteiger partial charge in [-0.15, -0.1) is 0 Å². The summed E-state index contributed by atoms with van der Waals surface area (Å²) in [5.41, 5.74) is 2.23. The third-order valence-corrected chi connectivity index (χ3v) is 4.97. The first kappa shape index (κ1) is 16.2. The van der Waals surface area contributed by atoms with E-state index in [4.69, 9.17) is 0 Å². The van der Waals surface area contributed by atoms with Crippen LogP contribution in [-0.4, -0.2) is 48.1 Å². The minimum absolute atomic E-state index is 0.790. The van der Waals surface area contributed by atoms with E-state index in [1.165, 1.54) is 5.56 Å². The van der Waals surface area contributed by atoms with Crippen LogP contribution in [0.3, 0.4) is 0 Å². The van der Waals surface area contributed by atoms with E-state index in [2.05, 4.69) is 61.1 Å². The number of aryl methyl sites for hydroxylation is 2. The SMILES string of the molecule is Cc1nc(Nc2ccc(Br)c(C)c2)cc(N2CCN(C)CC2)n1. The second-order valence-electron chi connectivity index (χ2n) is 6.04. The van der Waals surface area contributed by atoms with Crippen LogP contribution in [0.4, 0.5) is 17.3 Å². The second kappa shape index (κ2) is 6.84. The Balaban J connectivity index is 1.81. The van der Waals surface area contributed by atoms with Crippen molar-refractivity contribution >= 4 is 33.3 Å². The van der Waals surface area contributed by atoms with Crippen molar-refractivity contribution in [2.75, 3.05) is 43.4 Å². The second-order valence-corrected chi connectivity index (χ2v) is 6.89. The number of nitrogens with zero attached hydrogens (tertiary/aromatic N) is 4. The normalized spacial score (nSPS) is 15.7. The molecule has 0 amide bonds. The molecular weight excluding hydrogens is 354 g/mol. The van der Waals surface area contributed by atoms with E-state index in [0.29, 0.717) is 0 Å². The summed E-state index contributed by atoms with van der Waals surface area (Å²) in [5.74, 6) is 2.63. The maximum atomic E-state index is 4.60. The molecule has 1 saturated heterocycles. The Morgan fingerprint density at radius 1 is 1.04 bits per heavy atom. The fourth-order valence-electron chi connectivity index (χ4n) is 2.68. The largest absolute Gasteiger partial charge is 0.354 e. The zero-order valence-corrected chi connectivity index (χ0v) is 15.4. The monoisotopic (exact) mass is 375 g/mol. The van der Waals surface area contributed by atoms with Crippen LogP contribution in [0, 0.1) is 13.8 Å². The summed E-state index contributed by atoms with van der Waals surface area (Å²) < 4.78 is 1.11. The van der Waals surface area contributed by atoms with Crippen LogP contribution >= 0.6 is 15.9 Å². The number of anilines is 3. The Morgan fingerprint density at radius 3 is 2.48 bits per heavy atom. The Labute approximate surface area is 145 Å². The Bertz CT molecular complexity index is 695. The van der Waals surface area contributed by atoms with Gasteiger partial charge in [-0.1, -0.05) is 15.9 Å². The van der Waals surface area contributed by atoms with Crippen molar-refractivity contribution in [2.45, 2.75) is 13.8 Å². The quantitative estimate of drug-likeness (QED) is 0.890. The van der Waals surface area contributed by atoms with Crippen molar-refractivity contribution < 1.29 is 0 Å².